The van der Waals surface area contributed by atoms with Crippen molar-refractivity contribution in [3.05, 3.63) is 182 Å². The van der Waals surface area contributed by atoms with Gasteiger partial charge in [0.15, 0.2) is 0 Å². The minimum atomic E-state index is 1.29. The molecule has 0 heteroatoms. The molecule has 16 rings (SSSR count). The van der Waals surface area contributed by atoms with Crippen LogP contribution in [0.15, 0.2) is 182 Å². The number of rotatable bonds is 0. The summed E-state index contributed by atoms with van der Waals surface area (Å²) in [6.07, 6.45) is 0. The second kappa shape index (κ2) is 10.2. The van der Waals surface area contributed by atoms with Crippen LogP contribution in [0.25, 0.3) is 162 Å². The largest absolute Gasteiger partial charge is 0.0616 e. The quantitative estimate of drug-likeness (QED) is 0.135. The van der Waals surface area contributed by atoms with Gasteiger partial charge in [0.05, 0.1) is 0 Å². The van der Waals surface area contributed by atoms with Gasteiger partial charge in [-0.1, -0.05) is 146 Å². The molecule has 16 aromatic rings. The highest BCUT2D eigenvalue weighted by Crippen LogP contribution is 2.60. The molecule has 0 fully saturated rings. The van der Waals surface area contributed by atoms with E-state index in [1.807, 2.05) is 0 Å². The lowest BCUT2D eigenvalue weighted by atomic mass is 9.93. The zero-order valence-corrected chi connectivity index (χ0v) is 32.3. The molecule has 60 heavy (non-hydrogen) atoms. The third-order valence-corrected chi connectivity index (χ3v) is 14.6. The van der Waals surface area contributed by atoms with E-state index in [1.54, 1.807) is 0 Å². The highest BCUT2D eigenvalue weighted by molar-refractivity contribution is 6.62. The van der Waals surface area contributed by atoms with Gasteiger partial charge in [0.25, 0.3) is 0 Å². The maximum atomic E-state index is 2.45. The SMILES string of the molecule is c1ccc2c(c1)cc1cc3ccccc3c3c1c2c1c2c4c5ccccc5cc5cc6ccccc6c(c54)c2c2c4c5ccccc5cc5cc6ccccc6c(c54)c2c31. The molecule has 0 aliphatic heterocycles. The minimum Gasteiger partial charge on any atom is -0.0616 e. The Morgan fingerprint density at radius 2 is 0.300 bits per heavy atom. The third kappa shape index (κ3) is 3.36. The topological polar surface area (TPSA) is 0 Å². The summed E-state index contributed by atoms with van der Waals surface area (Å²) in [4.78, 5) is 0. The molecule has 0 saturated carbocycles. The average molecular weight is 751 g/mol. The molecule has 16 aromatic carbocycles. The molecule has 0 saturated heterocycles. The van der Waals surface area contributed by atoms with Crippen LogP contribution in [0.5, 0.6) is 0 Å². The van der Waals surface area contributed by atoms with Crippen LogP contribution in [0, 0.1) is 0 Å². The fourth-order valence-corrected chi connectivity index (χ4v) is 12.5. The molecule has 0 aliphatic rings. The lowest BCUT2D eigenvalue weighted by Gasteiger charge is -2.08. The van der Waals surface area contributed by atoms with Crippen LogP contribution in [-0.4, -0.2) is 0 Å². The Balaban J connectivity index is 1.43. The second-order valence-electron chi connectivity index (χ2n) is 17.4. The summed E-state index contributed by atoms with van der Waals surface area (Å²) in [5.74, 6) is 0. The Labute approximate surface area is 342 Å². The molecular weight excluding hydrogens is 721 g/mol. The van der Waals surface area contributed by atoms with Gasteiger partial charge in [-0.2, -0.15) is 0 Å². The predicted molar refractivity (Wildman–Crippen MR) is 263 cm³/mol. The van der Waals surface area contributed by atoms with Crippen molar-refractivity contribution in [2.24, 2.45) is 0 Å². The van der Waals surface area contributed by atoms with Gasteiger partial charge >= 0.3 is 0 Å². The Morgan fingerprint density at radius 3 is 0.483 bits per heavy atom. The molecule has 270 valence electrons. The van der Waals surface area contributed by atoms with E-state index in [1.165, 1.54) is 162 Å². The fraction of sp³-hybridized carbons (Fsp3) is 0. The summed E-state index contributed by atoms with van der Waals surface area (Å²) in [6, 6.07) is 69.6. The molecule has 0 aromatic heterocycles. The summed E-state index contributed by atoms with van der Waals surface area (Å²) in [5, 5.41) is 40.4. The van der Waals surface area contributed by atoms with E-state index >= 15 is 0 Å². The maximum Gasteiger partial charge on any atom is -0.0000249 e. The molecule has 0 heterocycles. The summed E-state index contributed by atoms with van der Waals surface area (Å²) in [6.45, 7) is 0. The minimum absolute atomic E-state index is 1.29. The molecule has 0 bridgehead atoms. The molecule has 0 aliphatic carbocycles. The first-order valence-electron chi connectivity index (χ1n) is 21.2. The molecule has 0 spiro atoms. The van der Waals surface area contributed by atoms with E-state index in [9.17, 15) is 0 Å². The second-order valence-corrected chi connectivity index (χ2v) is 17.4. The van der Waals surface area contributed by atoms with Crippen molar-refractivity contribution >= 4 is 162 Å². The monoisotopic (exact) mass is 750 g/mol. The highest BCUT2D eigenvalue weighted by atomic mass is 14.3. The van der Waals surface area contributed by atoms with Gasteiger partial charge in [0.1, 0.15) is 0 Å². The standard InChI is InChI=1S/C60H30/c1-7-19-40-31(13-1)25-37-26-32-14-2-8-20-41(32)50-46(37)49(40)55-56(50)58-53-44-23-11-5-17-35(44)29-39-30-36-18-6-12-24-45(36)54(48(39)53)60(58)59-52-43-22-10-4-16-34(43)28-38-27-33-15-3-9-21-42(33)51(47(38)52)57(55)59/h1-30H. The molecule has 0 nitrogen and oxygen atoms in total. The van der Waals surface area contributed by atoms with Gasteiger partial charge in [0, 0.05) is 0 Å². The zero-order chi connectivity index (χ0) is 38.5. The fourth-order valence-electron chi connectivity index (χ4n) is 12.5. The molecule has 0 atom stereocenters. The van der Waals surface area contributed by atoms with E-state index in [2.05, 4.69) is 182 Å². The first kappa shape index (κ1) is 30.3. The number of hydrogen-bond acceptors (Lipinski definition) is 0. The van der Waals surface area contributed by atoms with Crippen molar-refractivity contribution < 1.29 is 0 Å². The van der Waals surface area contributed by atoms with Crippen molar-refractivity contribution in [3.8, 4) is 0 Å². The number of benzene rings is 13. The van der Waals surface area contributed by atoms with Gasteiger partial charge in [-0.05, 0) is 198 Å². The van der Waals surface area contributed by atoms with Crippen molar-refractivity contribution in [2.75, 3.05) is 0 Å². The summed E-state index contributed by atoms with van der Waals surface area (Å²) in [5.41, 5.74) is 0. The summed E-state index contributed by atoms with van der Waals surface area (Å²) < 4.78 is 0. The number of fused-ring (bicyclic) bond motifs is 24. The van der Waals surface area contributed by atoms with Crippen molar-refractivity contribution in [1.29, 1.82) is 0 Å². The molecular formula is C60H30. The molecule has 0 radical (unpaired) electrons. The van der Waals surface area contributed by atoms with E-state index in [4.69, 9.17) is 0 Å². The van der Waals surface area contributed by atoms with E-state index in [0.29, 0.717) is 0 Å². The Morgan fingerprint density at radius 1 is 0.133 bits per heavy atom. The van der Waals surface area contributed by atoms with E-state index < -0.39 is 0 Å². The van der Waals surface area contributed by atoms with Crippen LogP contribution in [0.4, 0.5) is 0 Å². The highest BCUT2D eigenvalue weighted by Gasteiger charge is 2.31. The van der Waals surface area contributed by atoms with Crippen LogP contribution in [-0.2, 0) is 0 Å². The first-order valence-corrected chi connectivity index (χ1v) is 21.2. The zero-order valence-electron chi connectivity index (χ0n) is 32.3. The molecule has 0 unspecified atom stereocenters. The Kier molecular flexibility index (Phi) is 5.18. The van der Waals surface area contributed by atoms with Crippen molar-refractivity contribution in [3.63, 3.8) is 0 Å². The maximum absolute atomic E-state index is 2.45. The van der Waals surface area contributed by atoms with E-state index in [-0.39, 0.29) is 0 Å². The van der Waals surface area contributed by atoms with Crippen LogP contribution >= 0.6 is 0 Å². The van der Waals surface area contributed by atoms with Gasteiger partial charge in [-0.15, -0.1) is 0 Å². The van der Waals surface area contributed by atoms with Gasteiger partial charge in [-0.3, -0.25) is 0 Å². The number of hydrogen-bond donors (Lipinski definition) is 0. The van der Waals surface area contributed by atoms with Crippen molar-refractivity contribution in [1.82, 2.24) is 0 Å². The predicted octanol–water partition coefficient (Wildman–Crippen LogP) is 17.3. The Bertz CT molecular complexity index is 3840. The third-order valence-electron chi connectivity index (χ3n) is 14.6. The lowest BCUT2D eigenvalue weighted by molar-refractivity contribution is 1.81. The first-order chi connectivity index (χ1) is 29.8. The van der Waals surface area contributed by atoms with Crippen LogP contribution in [0.1, 0.15) is 0 Å². The van der Waals surface area contributed by atoms with Crippen LogP contribution in [0.3, 0.4) is 0 Å². The van der Waals surface area contributed by atoms with Gasteiger partial charge in [-0.25, -0.2) is 0 Å². The van der Waals surface area contributed by atoms with Crippen LogP contribution < -0.4 is 0 Å². The molecule has 0 amide bonds. The van der Waals surface area contributed by atoms with Gasteiger partial charge in [0.2, 0.25) is 0 Å². The normalized spacial score (nSPS) is 13.0. The van der Waals surface area contributed by atoms with Crippen LogP contribution in [0.2, 0.25) is 0 Å². The van der Waals surface area contributed by atoms with Gasteiger partial charge < -0.3 is 0 Å². The smallest absolute Gasteiger partial charge is 0.0000249 e. The average Bonchev–Trinajstić information content (AvgIpc) is 3.96. The lowest BCUT2D eigenvalue weighted by Crippen LogP contribution is -1.80. The summed E-state index contributed by atoms with van der Waals surface area (Å²) >= 11 is 0. The Hall–Kier alpha value is -7.80. The summed E-state index contributed by atoms with van der Waals surface area (Å²) in [7, 11) is 0. The molecule has 0 N–H and O–H groups in total. The van der Waals surface area contributed by atoms with E-state index in [0.717, 1.165) is 0 Å². The van der Waals surface area contributed by atoms with Crippen molar-refractivity contribution in [2.45, 2.75) is 0 Å².